The second-order valence-electron chi connectivity index (χ2n) is 10.7. The van der Waals surface area contributed by atoms with E-state index in [1.807, 2.05) is 0 Å². The lowest BCUT2D eigenvalue weighted by molar-refractivity contribution is 0.283. The number of rotatable bonds is 17. The van der Waals surface area contributed by atoms with Gasteiger partial charge in [-0.2, -0.15) is 0 Å². The van der Waals surface area contributed by atoms with Crippen LogP contribution >= 0.6 is 7.60 Å². The van der Waals surface area contributed by atoms with E-state index in [-0.39, 0.29) is 6.16 Å². The Kier molecular flexibility index (Phi) is 13.3. The van der Waals surface area contributed by atoms with Crippen molar-refractivity contribution in [1.82, 2.24) is 0 Å². The van der Waals surface area contributed by atoms with Gasteiger partial charge in [-0.15, -0.1) is 0 Å². The molecule has 0 aliphatic heterocycles. The Labute approximate surface area is 220 Å². The Hall–Kier alpha value is -1.61. The normalized spacial score (nSPS) is 12.6. The molecular weight excluding hydrogens is 467 g/mol. The first-order valence-electron chi connectivity index (χ1n) is 13.9. The van der Waals surface area contributed by atoms with Crippen LogP contribution in [0.25, 0.3) is 0 Å². The summed E-state index contributed by atoms with van der Waals surface area (Å²) < 4.78 is 17.3. The Morgan fingerprint density at radius 1 is 0.778 bits per heavy atom. The van der Waals surface area contributed by atoms with Crippen molar-refractivity contribution >= 4 is 7.60 Å². The molecule has 202 valence electrons. The molecule has 0 bridgehead atoms. The van der Waals surface area contributed by atoms with Crippen molar-refractivity contribution in [2.45, 2.75) is 105 Å². The maximum absolute atomic E-state index is 11.0. The number of hydrogen-bond acceptors (Lipinski definition) is 2. The second-order valence-corrected chi connectivity index (χ2v) is 12.5. The average molecular weight is 517 g/mol. The molecule has 0 saturated heterocycles. The third-order valence-corrected chi connectivity index (χ3v) is 8.15. The highest BCUT2D eigenvalue weighted by Crippen LogP contribution is 2.35. The fraction of sp³-hybridized carbons (Fsp3) is 0.613. The molecule has 2 aromatic rings. The summed E-state index contributed by atoms with van der Waals surface area (Å²) in [5, 5.41) is 0. The van der Waals surface area contributed by atoms with Crippen LogP contribution in [0.15, 0.2) is 30.3 Å². The number of ether oxygens (including phenoxy) is 1. The van der Waals surface area contributed by atoms with Crippen molar-refractivity contribution in [1.29, 1.82) is 0 Å². The second kappa shape index (κ2) is 15.6. The van der Waals surface area contributed by atoms with Crippen LogP contribution in [0.4, 0.5) is 0 Å². The highest BCUT2D eigenvalue weighted by Gasteiger charge is 2.13. The van der Waals surface area contributed by atoms with Crippen LogP contribution in [0, 0.1) is 33.6 Å². The van der Waals surface area contributed by atoms with Gasteiger partial charge in [0.2, 0.25) is 0 Å². The van der Waals surface area contributed by atoms with Gasteiger partial charge in [0.1, 0.15) is 5.75 Å². The molecule has 0 aliphatic rings. The molecule has 2 N–H and O–H groups in total. The fourth-order valence-electron chi connectivity index (χ4n) is 5.08. The molecule has 0 saturated carbocycles. The lowest BCUT2D eigenvalue weighted by Gasteiger charge is -2.19. The first-order valence-corrected chi connectivity index (χ1v) is 15.7. The zero-order valence-electron chi connectivity index (χ0n) is 23.3. The maximum Gasteiger partial charge on any atom is 0.325 e. The highest BCUT2D eigenvalue weighted by molar-refractivity contribution is 7.51. The minimum atomic E-state index is -3.87. The summed E-state index contributed by atoms with van der Waals surface area (Å²) in [7, 11) is -3.87. The maximum atomic E-state index is 11.0. The SMILES string of the molecule is CCCCCC(CCCOc1c(C)cc(CCCCCP(=O)(O)O)cc1C)Cc1ccc(C)c(C)c1. The number of hydrogen-bond donors (Lipinski definition) is 2. The van der Waals surface area contributed by atoms with E-state index >= 15 is 0 Å². The predicted molar refractivity (Wildman–Crippen MR) is 152 cm³/mol. The van der Waals surface area contributed by atoms with E-state index in [1.165, 1.54) is 65.5 Å². The number of benzene rings is 2. The lowest BCUT2D eigenvalue weighted by Crippen LogP contribution is -2.09. The van der Waals surface area contributed by atoms with Gasteiger partial charge < -0.3 is 14.5 Å². The molecule has 2 rings (SSSR count). The van der Waals surface area contributed by atoms with Gasteiger partial charge in [0.05, 0.1) is 6.61 Å². The third kappa shape index (κ3) is 11.6. The zero-order chi connectivity index (χ0) is 26.6. The lowest BCUT2D eigenvalue weighted by atomic mass is 9.89. The molecule has 0 fully saturated rings. The molecule has 0 amide bonds. The first kappa shape index (κ1) is 30.6. The quantitative estimate of drug-likeness (QED) is 0.164. The number of unbranched alkanes of at least 4 members (excludes halogenated alkanes) is 4. The summed E-state index contributed by atoms with van der Waals surface area (Å²) in [6.07, 6.45) is 11.9. The van der Waals surface area contributed by atoms with Crippen LogP contribution in [0.1, 0.15) is 98.1 Å². The van der Waals surface area contributed by atoms with E-state index in [4.69, 9.17) is 14.5 Å². The Bertz CT molecular complexity index is 956. The molecule has 4 nitrogen and oxygen atoms in total. The van der Waals surface area contributed by atoms with E-state index < -0.39 is 7.60 Å². The molecule has 0 radical (unpaired) electrons. The molecule has 0 heterocycles. The van der Waals surface area contributed by atoms with Crippen molar-refractivity contribution < 1.29 is 19.1 Å². The van der Waals surface area contributed by atoms with Gasteiger partial charge in [-0.1, -0.05) is 69.4 Å². The molecule has 2 aromatic carbocycles. The standard InChI is InChI=1S/C31H49O4P/c1-6-7-9-13-28(23-30-17-16-24(2)25(3)20-30)15-12-18-35-31-26(4)21-29(22-27(31)5)14-10-8-11-19-36(32,33)34/h16-17,20-22,28H,6-15,18-19,23H2,1-5H3,(H2,32,33,34). The minimum absolute atomic E-state index is 0.0119. The first-order chi connectivity index (χ1) is 17.1. The fourth-order valence-corrected chi connectivity index (χ4v) is 5.71. The largest absolute Gasteiger partial charge is 0.493 e. The van der Waals surface area contributed by atoms with Crippen LogP contribution < -0.4 is 4.74 Å². The van der Waals surface area contributed by atoms with Crippen molar-refractivity contribution in [3.8, 4) is 5.75 Å². The summed E-state index contributed by atoms with van der Waals surface area (Å²) in [5.41, 5.74) is 7.84. The molecule has 1 unspecified atom stereocenters. The van der Waals surface area contributed by atoms with Gasteiger partial charge in [-0.05, 0) is 106 Å². The topological polar surface area (TPSA) is 66.8 Å². The van der Waals surface area contributed by atoms with Crippen molar-refractivity contribution in [2.24, 2.45) is 5.92 Å². The van der Waals surface area contributed by atoms with Crippen LogP contribution in [0.2, 0.25) is 0 Å². The van der Waals surface area contributed by atoms with Gasteiger partial charge in [0, 0.05) is 6.16 Å². The summed E-state index contributed by atoms with van der Waals surface area (Å²) >= 11 is 0. The minimum Gasteiger partial charge on any atom is -0.493 e. The highest BCUT2D eigenvalue weighted by atomic mass is 31.2. The molecule has 36 heavy (non-hydrogen) atoms. The summed E-state index contributed by atoms with van der Waals surface area (Å²) in [6, 6.07) is 11.3. The van der Waals surface area contributed by atoms with Crippen LogP contribution in [0.5, 0.6) is 5.75 Å². The third-order valence-electron chi connectivity index (χ3n) is 7.25. The number of aryl methyl sites for hydroxylation is 5. The zero-order valence-corrected chi connectivity index (χ0v) is 24.2. The van der Waals surface area contributed by atoms with E-state index in [0.29, 0.717) is 12.3 Å². The molecular formula is C31H49O4P. The van der Waals surface area contributed by atoms with E-state index in [9.17, 15) is 4.57 Å². The Balaban J connectivity index is 1.84. The van der Waals surface area contributed by atoms with Crippen molar-refractivity contribution in [2.75, 3.05) is 12.8 Å². The Morgan fingerprint density at radius 2 is 1.44 bits per heavy atom. The van der Waals surface area contributed by atoms with Gasteiger partial charge in [-0.25, -0.2) is 0 Å². The van der Waals surface area contributed by atoms with Crippen molar-refractivity contribution in [3.63, 3.8) is 0 Å². The summed E-state index contributed by atoms with van der Waals surface area (Å²) in [6.45, 7) is 11.7. The van der Waals surface area contributed by atoms with Crippen molar-refractivity contribution in [3.05, 3.63) is 63.7 Å². The molecule has 0 aliphatic carbocycles. The van der Waals surface area contributed by atoms with Crippen LogP contribution in [0.3, 0.4) is 0 Å². The van der Waals surface area contributed by atoms with Gasteiger partial charge in [0.25, 0.3) is 0 Å². The van der Waals surface area contributed by atoms with Crippen LogP contribution in [-0.4, -0.2) is 22.6 Å². The van der Waals surface area contributed by atoms with Gasteiger partial charge in [-0.3, -0.25) is 4.57 Å². The van der Waals surface area contributed by atoms with Gasteiger partial charge in [0.15, 0.2) is 0 Å². The molecule has 5 heteroatoms. The monoisotopic (exact) mass is 516 g/mol. The molecule has 1 atom stereocenters. The van der Waals surface area contributed by atoms with E-state index in [2.05, 4.69) is 65.0 Å². The van der Waals surface area contributed by atoms with Gasteiger partial charge >= 0.3 is 7.60 Å². The molecule has 0 aromatic heterocycles. The van der Waals surface area contributed by atoms with E-state index in [1.54, 1.807) is 0 Å². The van der Waals surface area contributed by atoms with Crippen LogP contribution in [-0.2, 0) is 17.4 Å². The van der Waals surface area contributed by atoms with E-state index in [0.717, 1.165) is 44.5 Å². The summed E-state index contributed by atoms with van der Waals surface area (Å²) in [4.78, 5) is 18.0. The Morgan fingerprint density at radius 3 is 2.08 bits per heavy atom. The average Bonchev–Trinajstić information content (AvgIpc) is 2.79. The summed E-state index contributed by atoms with van der Waals surface area (Å²) in [5.74, 6) is 1.72. The smallest absolute Gasteiger partial charge is 0.325 e. The predicted octanol–water partition coefficient (Wildman–Crippen LogP) is 8.41. The molecule has 0 spiro atoms.